The maximum atomic E-state index is 5.87. The Balaban J connectivity index is 2.20. The highest BCUT2D eigenvalue weighted by atomic mass is 32.1. The maximum Gasteiger partial charge on any atom is 0.125 e. The predicted octanol–water partition coefficient (Wildman–Crippen LogP) is 3.48. The quantitative estimate of drug-likeness (QED) is 0.908. The van der Waals surface area contributed by atoms with Crippen molar-refractivity contribution in [1.82, 2.24) is 10.3 Å². The van der Waals surface area contributed by atoms with Gasteiger partial charge in [0.25, 0.3) is 0 Å². The van der Waals surface area contributed by atoms with Crippen LogP contribution in [-0.4, -0.2) is 19.1 Å². The zero-order chi connectivity index (χ0) is 13.2. The first-order chi connectivity index (χ1) is 8.61. The summed E-state index contributed by atoms with van der Waals surface area (Å²) >= 11 is 1.75. The minimum atomic E-state index is -0.122. The van der Waals surface area contributed by atoms with Crippen LogP contribution in [-0.2, 0) is 10.3 Å². The van der Waals surface area contributed by atoms with Crippen LogP contribution < -0.4 is 5.32 Å². The number of methoxy groups -OCH3 is 1. The zero-order valence-corrected chi connectivity index (χ0v) is 12.6. The number of hydrogen-bond donors (Lipinski definition) is 1. The Morgan fingerprint density at radius 3 is 2.72 bits per heavy atom. The molecule has 2 rings (SSSR count). The van der Waals surface area contributed by atoms with E-state index in [9.17, 15) is 0 Å². The van der Waals surface area contributed by atoms with E-state index in [0.717, 1.165) is 29.5 Å². The highest BCUT2D eigenvalue weighted by Crippen LogP contribution is 2.43. The number of rotatable bonds is 4. The summed E-state index contributed by atoms with van der Waals surface area (Å²) in [7, 11) is 3.80. The number of nitrogens with zero attached hydrogens (tertiary/aromatic N) is 1. The van der Waals surface area contributed by atoms with Gasteiger partial charge in [-0.25, -0.2) is 4.98 Å². The van der Waals surface area contributed by atoms with Gasteiger partial charge in [-0.15, -0.1) is 11.3 Å². The fourth-order valence-corrected chi connectivity index (χ4v) is 3.73. The summed E-state index contributed by atoms with van der Waals surface area (Å²) in [5.74, 6) is 0.823. The molecule has 1 aliphatic rings. The molecular weight excluding hydrogens is 244 g/mol. The minimum absolute atomic E-state index is 0.122. The molecule has 1 heterocycles. The van der Waals surface area contributed by atoms with Gasteiger partial charge in [0, 0.05) is 18.5 Å². The number of thiazole rings is 1. The van der Waals surface area contributed by atoms with E-state index in [1.807, 2.05) is 14.2 Å². The molecule has 4 heteroatoms. The van der Waals surface area contributed by atoms with Crippen molar-refractivity contribution in [2.45, 2.75) is 51.2 Å². The zero-order valence-electron chi connectivity index (χ0n) is 11.8. The Hall–Kier alpha value is -0.450. The molecule has 1 atom stereocenters. The van der Waals surface area contributed by atoms with Gasteiger partial charge < -0.3 is 10.1 Å². The summed E-state index contributed by atoms with van der Waals surface area (Å²) in [6.45, 7) is 4.47. The van der Waals surface area contributed by atoms with Gasteiger partial charge >= 0.3 is 0 Å². The molecule has 1 aromatic rings. The van der Waals surface area contributed by atoms with E-state index in [-0.39, 0.29) is 5.60 Å². The van der Waals surface area contributed by atoms with Gasteiger partial charge in [-0.1, -0.05) is 6.92 Å². The molecule has 0 aliphatic heterocycles. The van der Waals surface area contributed by atoms with Crippen LogP contribution in [0.5, 0.6) is 0 Å². The van der Waals surface area contributed by atoms with E-state index in [2.05, 4.69) is 24.5 Å². The van der Waals surface area contributed by atoms with Crippen molar-refractivity contribution in [1.29, 1.82) is 0 Å². The van der Waals surface area contributed by atoms with Crippen molar-refractivity contribution in [2.75, 3.05) is 14.2 Å². The molecule has 0 spiro atoms. The second-order valence-corrected chi connectivity index (χ2v) is 6.33. The Labute approximate surface area is 114 Å². The van der Waals surface area contributed by atoms with Crippen LogP contribution in [0.1, 0.15) is 56.3 Å². The molecule has 1 aromatic heterocycles. The molecule has 0 radical (unpaired) electrons. The van der Waals surface area contributed by atoms with E-state index < -0.39 is 0 Å². The summed E-state index contributed by atoms with van der Waals surface area (Å²) in [5.41, 5.74) is 1.01. The summed E-state index contributed by atoms with van der Waals surface area (Å²) in [6.07, 6.45) is 4.69. The van der Waals surface area contributed by atoms with E-state index in [4.69, 9.17) is 9.72 Å². The molecule has 102 valence electrons. The van der Waals surface area contributed by atoms with Crippen molar-refractivity contribution in [3.8, 4) is 0 Å². The molecule has 0 saturated heterocycles. The predicted molar refractivity (Wildman–Crippen MR) is 75.9 cm³/mol. The number of ether oxygens (including phenoxy) is 1. The van der Waals surface area contributed by atoms with Crippen molar-refractivity contribution in [3.63, 3.8) is 0 Å². The largest absolute Gasteiger partial charge is 0.371 e. The van der Waals surface area contributed by atoms with Crippen LogP contribution in [0.4, 0.5) is 0 Å². The van der Waals surface area contributed by atoms with Crippen LogP contribution in [0.25, 0.3) is 0 Å². The van der Waals surface area contributed by atoms with E-state index in [0.29, 0.717) is 6.04 Å². The third kappa shape index (κ3) is 2.60. The lowest BCUT2D eigenvalue weighted by Gasteiger charge is -2.36. The van der Waals surface area contributed by atoms with Crippen LogP contribution in [0, 0.1) is 5.92 Å². The number of nitrogens with one attached hydrogen (secondary N) is 1. The molecule has 3 nitrogen and oxygen atoms in total. The Morgan fingerprint density at radius 1 is 1.50 bits per heavy atom. The van der Waals surface area contributed by atoms with E-state index >= 15 is 0 Å². The first-order valence-electron chi connectivity index (χ1n) is 6.79. The third-order valence-corrected chi connectivity index (χ3v) is 5.31. The van der Waals surface area contributed by atoms with Crippen LogP contribution in [0.15, 0.2) is 5.38 Å². The van der Waals surface area contributed by atoms with Gasteiger partial charge in [-0.05, 0) is 45.6 Å². The molecule has 0 bridgehead atoms. The van der Waals surface area contributed by atoms with Crippen molar-refractivity contribution in [2.24, 2.45) is 5.92 Å². The normalized spacial score (nSPS) is 30.3. The lowest BCUT2D eigenvalue weighted by atomic mass is 9.80. The van der Waals surface area contributed by atoms with Gasteiger partial charge in [-0.3, -0.25) is 0 Å². The Bertz CT molecular complexity index is 383. The van der Waals surface area contributed by atoms with Crippen LogP contribution in [0.2, 0.25) is 0 Å². The van der Waals surface area contributed by atoms with Gasteiger partial charge in [0.15, 0.2) is 0 Å². The summed E-state index contributed by atoms with van der Waals surface area (Å²) < 4.78 is 5.87. The fraction of sp³-hybridized carbons (Fsp3) is 0.786. The highest BCUT2D eigenvalue weighted by Gasteiger charge is 2.38. The SMILES string of the molecule is CNC(C)c1csc(C2(OC)CCC(C)CC2)n1. The van der Waals surface area contributed by atoms with Crippen LogP contribution in [0.3, 0.4) is 0 Å². The molecule has 18 heavy (non-hydrogen) atoms. The second kappa shape index (κ2) is 5.68. The van der Waals surface area contributed by atoms with Gasteiger partial charge in [-0.2, -0.15) is 0 Å². The summed E-state index contributed by atoms with van der Waals surface area (Å²) in [6, 6.07) is 0.312. The summed E-state index contributed by atoms with van der Waals surface area (Å²) in [5, 5.41) is 6.56. The summed E-state index contributed by atoms with van der Waals surface area (Å²) in [4.78, 5) is 4.80. The number of aromatic nitrogens is 1. The molecule has 1 unspecified atom stereocenters. The minimum Gasteiger partial charge on any atom is -0.371 e. The molecule has 1 N–H and O–H groups in total. The average Bonchev–Trinajstić information content (AvgIpc) is 2.89. The molecule has 0 amide bonds. The molecule has 1 aliphatic carbocycles. The second-order valence-electron chi connectivity index (χ2n) is 5.47. The first-order valence-corrected chi connectivity index (χ1v) is 7.67. The van der Waals surface area contributed by atoms with Crippen LogP contribution >= 0.6 is 11.3 Å². The van der Waals surface area contributed by atoms with Crippen molar-refractivity contribution in [3.05, 3.63) is 16.1 Å². The topological polar surface area (TPSA) is 34.1 Å². The van der Waals surface area contributed by atoms with E-state index in [1.54, 1.807) is 11.3 Å². The Morgan fingerprint density at radius 2 is 2.17 bits per heavy atom. The van der Waals surface area contributed by atoms with Gasteiger partial charge in [0.2, 0.25) is 0 Å². The molecule has 1 fully saturated rings. The standard InChI is InChI=1S/C14H24N2OS/c1-10-5-7-14(17-4,8-6-10)13-16-12(9-18-13)11(2)15-3/h9-11,15H,5-8H2,1-4H3. The highest BCUT2D eigenvalue weighted by molar-refractivity contribution is 7.09. The van der Waals surface area contributed by atoms with Crippen molar-refractivity contribution >= 4 is 11.3 Å². The van der Waals surface area contributed by atoms with Gasteiger partial charge in [0.05, 0.1) is 5.69 Å². The lowest BCUT2D eigenvalue weighted by molar-refractivity contribution is -0.0532. The Kier molecular flexibility index (Phi) is 4.41. The molecule has 1 saturated carbocycles. The average molecular weight is 268 g/mol. The maximum absolute atomic E-state index is 5.87. The fourth-order valence-electron chi connectivity index (χ4n) is 2.58. The third-order valence-electron chi connectivity index (χ3n) is 4.26. The van der Waals surface area contributed by atoms with E-state index in [1.165, 1.54) is 12.8 Å². The molecule has 0 aromatic carbocycles. The first kappa shape index (κ1) is 14.0. The smallest absolute Gasteiger partial charge is 0.125 e. The van der Waals surface area contributed by atoms with Crippen molar-refractivity contribution < 1.29 is 4.74 Å². The van der Waals surface area contributed by atoms with Gasteiger partial charge in [0.1, 0.15) is 10.6 Å². The number of hydrogen-bond acceptors (Lipinski definition) is 4. The molecular formula is C14H24N2OS. The monoisotopic (exact) mass is 268 g/mol. The lowest BCUT2D eigenvalue weighted by Crippen LogP contribution is -2.33.